The zero-order chi connectivity index (χ0) is 15.9. The summed E-state index contributed by atoms with van der Waals surface area (Å²) >= 11 is 0. The summed E-state index contributed by atoms with van der Waals surface area (Å²) in [6.45, 7) is 4.93. The van der Waals surface area contributed by atoms with Crippen molar-refractivity contribution < 1.29 is 9.34 Å². The molecule has 6 heteroatoms. The van der Waals surface area contributed by atoms with Crippen LogP contribution >= 0.6 is 0 Å². The van der Waals surface area contributed by atoms with Gasteiger partial charge in [0.15, 0.2) is 0 Å². The molecule has 0 bridgehead atoms. The summed E-state index contributed by atoms with van der Waals surface area (Å²) in [5.41, 5.74) is -0.556. The first-order valence-corrected chi connectivity index (χ1v) is 7.46. The molecule has 0 radical (unpaired) electrons. The maximum absolute atomic E-state index is 12.1. The molecule has 2 heterocycles. The number of hydrogen-bond acceptors (Lipinski definition) is 5. The van der Waals surface area contributed by atoms with Crippen LogP contribution in [-0.2, 0) is 0 Å². The van der Waals surface area contributed by atoms with Crippen LogP contribution in [0.25, 0.3) is 11.0 Å². The van der Waals surface area contributed by atoms with Gasteiger partial charge in [-0.3, -0.25) is 10.1 Å². The predicted molar refractivity (Wildman–Crippen MR) is 84.3 cm³/mol. The number of nitrogens with zero attached hydrogens (tertiary/aromatic N) is 2. The molecule has 2 atom stereocenters. The van der Waals surface area contributed by atoms with Crippen molar-refractivity contribution in [3.8, 4) is 0 Å². The number of benzene rings is 1. The minimum Gasteiger partial charge on any atom is -0.418 e. The summed E-state index contributed by atoms with van der Waals surface area (Å²) in [4.78, 5) is 24.8. The van der Waals surface area contributed by atoms with E-state index in [4.69, 9.17) is 4.42 Å². The number of anilines is 1. The lowest BCUT2D eigenvalue weighted by atomic mass is 9.92. The molecular formula is C16H18N2O4. The number of fused-ring (bicyclic) bond motifs is 1. The van der Waals surface area contributed by atoms with Crippen LogP contribution in [0.2, 0.25) is 0 Å². The smallest absolute Gasteiger partial charge is 0.417 e. The van der Waals surface area contributed by atoms with Gasteiger partial charge in [0.1, 0.15) is 11.3 Å². The van der Waals surface area contributed by atoms with Crippen LogP contribution in [0, 0.1) is 16.0 Å². The Morgan fingerprint density at radius 1 is 1.32 bits per heavy atom. The molecule has 0 amide bonds. The topological polar surface area (TPSA) is 76.6 Å². The number of piperidine rings is 1. The molecule has 1 aromatic heterocycles. The van der Waals surface area contributed by atoms with E-state index >= 15 is 0 Å². The first-order chi connectivity index (χ1) is 10.5. The van der Waals surface area contributed by atoms with Crippen LogP contribution < -0.4 is 10.5 Å². The normalized spacial score (nSPS) is 22.0. The molecule has 3 rings (SSSR count). The summed E-state index contributed by atoms with van der Waals surface area (Å²) in [5, 5.41) is 12.0. The van der Waals surface area contributed by atoms with Crippen LogP contribution in [0.4, 0.5) is 11.4 Å². The van der Waals surface area contributed by atoms with Crippen molar-refractivity contribution in [2.75, 3.05) is 11.4 Å². The van der Waals surface area contributed by atoms with Gasteiger partial charge in [0.05, 0.1) is 4.92 Å². The first-order valence-electron chi connectivity index (χ1n) is 7.46. The fourth-order valence-electron chi connectivity index (χ4n) is 3.31. The standard InChI is InChI=1S/C16H18N2O4/c1-10-7-8-17(11(2)9-10)14-12-5-3-4-6-13(12)22-16(19)15(14)18(20)21/h3-6,10-11H,7-9H2,1-2H3/t10-,11-/m1/s1. The Morgan fingerprint density at radius 3 is 2.73 bits per heavy atom. The molecule has 0 saturated carbocycles. The fraction of sp³-hybridized carbons (Fsp3) is 0.438. The molecule has 116 valence electrons. The van der Waals surface area contributed by atoms with Gasteiger partial charge < -0.3 is 9.32 Å². The molecule has 1 fully saturated rings. The SMILES string of the molecule is C[C@@H]1CCN(c2c([N+](=O)[O-])c(=O)oc3ccccc23)[C@H](C)C1. The van der Waals surface area contributed by atoms with Gasteiger partial charge in [0, 0.05) is 18.0 Å². The Balaban J connectivity index is 2.28. The molecule has 2 aromatic rings. The second-order valence-corrected chi connectivity index (χ2v) is 6.01. The maximum Gasteiger partial charge on any atom is 0.417 e. The van der Waals surface area contributed by atoms with Crippen molar-refractivity contribution in [1.29, 1.82) is 0 Å². The van der Waals surface area contributed by atoms with Crippen molar-refractivity contribution >= 4 is 22.3 Å². The van der Waals surface area contributed by atoms with Gasteiger partial charge in [-0.15, -0.1) is 0 Å². The van der Waals surface area contributed by atoms with E-state index in [1.165, 1.54) is 0 Å². The number of rotatable bonds is 2. The van der Waals surface area contributed by atoms with E-state index in [0.717, 1.165) is 12.8 Å². The van der Waals surface area contributed by atoms with E-state index in [2.05, 4.69) is 6.92 Å². The lowest BCUT2D eigenvalue weighted by Crippen LogP contribution is -2.41. The lowest BCUT2D eigenvalue weighted by Gasteiger charge is -2.38. The molecule has 0 spiro atoms. The molecule has 22 heavy (non-hydrogen) atoms. The van der Waals surface area contributed by atoms with Crippen molar-refractivity contribution in [2.24, 2.45) is 5.92 Å². The molecule has 6 nitrogen and oxygen atoms in total. The highest BCUT2D eigenvalue weighted by molar-refractivity contribution is 5.95. The van der Waals surface area contributed by atoms with Gasteiger partial charge in [-0.25, -0.2) is 4.79 Å². The Hall–Kier alpha value is -2.37. The second-order valence-electron chi connectivity index (χ2n) is 6.01. The predicted octanol–water partition coefficient (Wildman–Crippen LogP) is 3.33. The van der Waals surface area contributed by atoms with Crippen LogP contribution in [0.15, 0.2) is 33.5 Å². The Morgan fingerprint density at radius 2 is 2.05 bits per heavy atom. The lowest BCUT2D eigenvalue weighted by molar-refractivity contribution is -0.386. The van der Waals surface area contributed by atoms with Gasteiger partial charge in [-0.2, -0.15) is 0 Å². The van der Waals surface area contributed by atoms with E-state index in [1.807, 2.05) is 11.8 Å². The van der Waals surface area contributed by atoms with E-state index in [9.17, 15) is 14.9 Å². The van der Waals surface area contributed by atoms with Crippen LogP contribution in [0.3, 0.4) is 0 Å². The van der Waals surface area contributed by atoms with Gasteiger partial charge in [-0.05, 0) is 37.8 Å². The Bertz CT molecular complexity index is 783. The molecule has 0 N–H and O–H groups in total. The molecule has 1 aliphatic rings. The van der Waals surface area contributed by atoms with Gasteiger partial charge >= 0.3 is 11.3 Å². The minimum absolute atomic E-state index is 0.146. The number of nitro groups is 1. The molecule has 1 aromatic carbocycles. The molecule has 1 aliphatic heterocycles. The average molecular weight is 302 g/mol. The van der Waals surface area contributed by atoms with Crippen LogP contribution in [0.5, 0.6) is 0 Å². The largest absolute Gasteiger partial charge is 0.418 e. The van der Waals surface area contributed by atoms with Crippen LogP contribution in [-0.4, -0.2) is 17.5 Å². The van der Waals surface area contributed by atoms with Crippen LogP contribution in [0.1, 0.15) is 26.7 Å². The monoisotopic (exact) mass is 302 g/mol. The highest BCUT2D eigenvalue weighted by atomic mass is 16.6. The summed E-state index contributed by atoms with van der Waals surface area (Å²) in [5.74, 6) is 0.580. The van der Waals surface area contributed by atoms with E-state index in [1.54, 1.807) is 24.3 Å². The fourth-order valence-corrected chi connectivity index (χ4v) is 3.31. The second kappa shape index (κ2) is 5.44. The minimum atomic E-state index is -0.885. The average Bonchev–Trinajstić information content (AvgIpc) is 2.46. The molecule has 0 aliphatic carbocycles. The summed E-state index contributed by atoms with van der Waals surface area (Å²) < 4.78 is 5.12. The Kier molecular flexibility index (Phi) is 3.60. The highest BCUT2D eigenvalue weighted by Gasteiger charge is 2.33. The van der Waals surface area contributed by atoms with Crippen molar-refractivity contribution in [2.45, 2.75) is 32.7 Å². The molecule has 1 saturated heterocycles. The summed E-state index contributed by atoms with van der Waals surface area (Å²) in [6, 6.07) is 7.13. The van der Waals surface area contributed by atoms with Gasteiger partial charge in [0.2, 0.25) is 0 Å². The number of hydrogen-bond donors (Lipinski definition) is 0. The van der Waals surface area contributed by atoms with Gasteiger partial charge in [-0.1, -0.05) is 19.1 Å². The first kappa shape index (κ1) is 14.6. The summed E-state index contributed by atoms with van der Waals surface area (Å²) in [6.07, 6.45) is 1.90. The zero-order valence-electron chi connectivity index (χ0n) is 12.6. The molecular weight excluding hydrogens is 284 g/mol. The van der Waals surface area contributed by atoms with Gasteiger partial charge in [0.25, 0.3) is 0 Å². The third-order valence-corrected chi connectivity index (χ3v) is 4.37. The summed E-state index contributed by atoms with van der Waals surface area (Å²) in [7, 11) is 0. The molecule has 0 unspecified atom stereocenters. The van der Waals surface area contributed by atoms with Crippen molar-refractivity contribution in [1.82, 2.24) is 0 Å². The number of para-hydroxylation sites is 1. The third-order valence-electron chi connectivity index (χ3n) is 4.37. The zero-order valence-corrected chi connectivity index (χ0v) is 12.6. The third kappa shape index (κ3) is 2.34. The maximum atomic E-state index is 12.1. The quantitative estimate of drug-likeness (QED) is 0.483. The van der Waals surface area contributed by atoms with E-state index < -0.39 is 16.2 Å². The Labute approximate surface area is 127 Å². The van der Waals surface area contributed by atoms with Crippen molar-refractivity contribution in [3.63, 3.8) is 0 Å². The highest BCUT2D eigenvalue weighted by Crippen LogP contribution is 2.37. The van der Waals surface area contributed by atoms with E-state index in [-0.39, 0.29) is 6.04 Å². The van der Waals surface area contributed by atoms with Crippen molar-refractivity contribution in [3.05, 3.63) is 44.8 Å². The van der Waals surface area contributed by atoms with E-state index in [0.29, 0.717) is 29.1 Å².